The lowest BCUT2D eigenvalue weighted by Crippen LogP contribution is -1.88. The number of hydrogen-bond acceptors (Lipinski definition) is 2. The van der Waals surface area contributed by atoms with Gasteiger partial charge in [-0.3, -0.25) is 0 Å². The molecule has 0 unspecified atom stereocenters. The van der Waals surface area contributed by atoms with E-state index in [1.165, 1.54) is 0 Å². The number of halogens is 1. The molecule has 0 amide bonds. The minimum absolute atomic E-state index is 0.643. The highest BCUT2D eigenvalue weighted by Gasteiger charge is 2.03. The van der Waals surface area contributed by atoms with Crippen LogP contribution in [-0.4, -0.2) is 0 Å². The van der Waals surface area contributed by atoms with Crippen LogP contribution in [0, 0.1) is 0 Å². The molecule has 0 saturated carbocycles. The molecule has 66 valence electrons. The van der Waals surface area contributed by atoms with Crippen LogP contribution in [0.1, 0.15) is 0 Å². The van der Waals surface area contributed by atoms with Gasteiger partial charge in [0.05, 0.1) is 12.5 Å². The zero-order valence-electron chi connectivity index (χ0n) is 6.83. The van der Waals surface area contributed by atoms with Gasteiger partial charge >= 0.3 is 0 Å². The molecule has 0 radical (unpaired) electrons. The average molecular weight is 194 g/mol. The van der Waals surface area contributed by atoms with Gasteiger partial charge in [-0.1, -0.05) is 17.7 Å². The van der Waals surface area contributed by atoms with Gasteiger partial charge in [0.1, 0.15) is 0 Å². The highest BCUT2D eigenvalue weighted by Crippen LogP contribution is 2.28. The van der Waals surface area contributed by atoms with Crippen molar-refractivity contribution in [2.45, 2.75) is 0 Å². The molecule has 1 heterocycles. The summed E-state index contributed by atoms with van der Waals surface area (Å²) < 4.78 is 4.97. The molecule has 2 nitrogen and oxygen atoms in total. The van der Waals surface area contributed by atoms with Gasteiger partial charge in [-0.25, -0.2) is 0 Å². The van der Waals surface area contributed by atoms with Crippen LogP contribution in [0.2, 0.25) is 5.02 Å². The molecule has 0 atom stereocenters. The van der Waals surface area contributed by atoms with E-state index in [0.29, 0.717) is 10.7 Å². The fraction of sp³-hybridized carbons (Fsp3) is 0. The number of nitrogen functional groups attached to an aromatic ring is 1. The summed E-state index contributed by atoms with van der Waals surface area (Å²) in [5.74, 6) is 0. The number of rotatable bonds is 1. The van der Waals surface area contributed by atoms with Crippen molar-refractivity contribution in [2.24, 2.45) is 0 Å². The number of furan rings is 1. The Balaban J connectivity index is 2.53. The molecule has 0 bridgehead atoms. The predicted octanol–water partition coefficient (Wildman–Crippen LogP) is 3.18. The van der Waals surface area contributed by atoms with E-state index >= 15 is 0 Å². The van der Waals surface area contributed by atoms with E-state index in [9.17, 15) is 0 Å². The van der Waals surface area contributed by atoms with Crippen LogP contribution >= 0.6 is 11.6 Å². The molecule has 0 aliphatic carbocycles. The normalized spacial score (nSPS) is 10.2. The summed E-state index contributed by atoms with van der Waals surface area (Å²) in [6.45, 7) is 0. The third-order valence-corrected chi connectivity index (χ3v) is 2.08. The molecule has 2 N–H and O–H groups in total. The Bertz CT molecular complexity index is 409. The second-order valence-corrected chi connectivity index (χ2v) is 3.18. The van der Waals surface area contributed by atoms with Gasteiger partial charge in [0.15, 0.2) is 0 Å². The summed E-state index contributed by atoms with van der Waals surface area (Å²) in [5, 5.41) is 0.643. The number of hydrogen-bond donors (Lipinski definition) is 1. The van der Waals surface area contributed by atoms with Crippen molar-refractivity contribution in [3.63, 3.8) is 0 Å². The van der Waals surface area contributed by atoms with E-state index in [2.05, 4.69) is 0 Å². The van der Waals surface area contributed by atoms with Crippen LogP contribution in [0.4, 0.5) is 5.69 Å². The Morgan fingerprint density at radius 3 is 2.69 bits per heavy atom. The van der Waals surface area contributed by atoms with Gasteiger partial charge in [-0.2, -0.15) is 0 Å². The standard InChI is InChI=1S/C10H8ClNO/c11-8-1-2-9(10(12)5-8)7-3-4-13-6-7/h1-6H,12H2. The van der Waals surface area contributed by atoms with Gasteiger partial charge < -0.3 is 10.2 Å². The molecule has 3 heteroatoms. The first-order chi connectivity index (χ1) is 6.27. The third-order valence-electron chi connectivity index (χ3n) is 1.85. The second-order valence-electron chi connectivity index (χ2n) is 2.74. The highest BCUT2D eigenvalue weighted by atomic mass is 35.5. The summed E-state index contributed by atoms with van der Waals surface area (Å²) in [6, 6.07) is 7.27. The fourth-order valence-electron chi connectivity index (χ4n) is 1.21. The zero-order valence-corrected chi connectivity index (χ0v) is 7.58. The largest absolute Gasteiger partial charge is 0.472 e. The fourth-order valence-corrected chi connectivity index (χ4v) is 1.39. The lowest BCUT2D eigenvalue weighted by atomic mass is 10.1. The molecule has 1 aromatic heterocycles. The predicted molar refractivity (Wildman–Crippen MR) is 53.6 cm³/mol. The van der Waals surface area contributed by atoms with E-state index in [0.717, 1.165) is 11.1 Å². The van der Waals surface area contributed by atoms with Gasteiger partial charge in [0, 0.05) is 21.8 Å². The number of nitrogens with two attached hydrogens (primary N) is 1. The van der Waals surface area contributed by atoms with Crippen molar-refractivity contribution < 1.29 is 4.42 Å². The van der Waals surface area contributed by atoms with Gasteiger partial charge in [0.25, 0.3) is 0 Å². The molecular formula is C10H8ClNO. The Labute approximate surface area is 80.9 Å². The molecule has 13 heavy (non-hydrogen) atoms. The monoisotopic (exact) mass is 193 g/mol. The molecule has 0 fully saturated rings. The van der Waals surface area contributed by atoms with Crippen molar-refractivity contribution in [1.29, 1.82) is 0 Å². The van der Waals surface area contributed by atoms with Crippen LogP contribution in [0.15, 0.2) is 41.2 Å². The SMILES string of the molecule is Nc1cc(Cl)ccc1-c1ccoc1. The summed E-state index contributed by atoms with van der Waals surface area (Å²) in [5.41, 5.74) is 8.36. The van der Waals surface area contributed by atoms with Crippen LogP contribution in [0.25, 0.3) is 11.1 Å². The molecule has 1 aromatic carbocycles. The van der Waals surface area contributed by atoms with Crippen LogP contribution in [-0.2, 0) is 0 Å². The van der Waals surface area contributed by atoms with E-state index < -0.39 is 0 Å². The number of anilines is 1. The van der Waals surface area contributed by atoms with Crippen molar-refractivity contribution in [3.8, 4) is 11.1 Å². The minimum atomic E-state index is 0.643. The van der Waals surface area contributed by atoms with Crippen LogP contribution in [0.3, 0.4) is 0 Å². The Morgan fingerprint density at radius 1 is 1.23 bits per heavy atom. The Morgan fingerprint density at radius 2 is 2.08 bits per heavy atom. The zero-order chi connectivity index (χ0) is 9.26. The maximum atomic E-state index is 5.79. The summed E-state index contributed by atoms with van der Waals surface area (Å²) in [4.78, 5) is 0. The summed E-state index contributed by atoms with van der Waals surface area (Å²) in [7, 11) is 0. The molecule has 0 aliphatic heterocycles. The molecule has 2 rings (SSSR count). The smallest absolute Gasteiger partial charge is 0.0981 e. The minimum Gasteiger partial charge on any atom is -0.472 e. The maximum Gasteiger partial charge on any atom is 0.0981 e. The van der Waals surface area contributed by atoms with Crippen molar-refractivity contribution in [3.05, 3.63) is 41.8 Å². The van der Waals surface area contributed by atoms with E-state index in [1.54, 1.807) is 24.7 Å². The molecule has 0 aliphatic rings. The quantitative estimate of drug-likeness (QED) is 0.707. The third kappa shape index (κ3) is 1.53. The lowest BCUT2D eigenvalue weighted by Gasteiger charge is -2.02. The average Bonchev–Trinajstić information content (AvgIpc) is 2.56. The van der Waals surface area contributed by atoms with Crippen molar-refractivity contribution in [1.82, 2.24) is 0 Å². The van der Waals surface area contributed by atoms with Crippen LogP contribution in [0.5, 0.6) is 0 Å². The van der Waals surface area contributed by atoms with E-state index in [1.807, 2.05) is 12.1 Å². The molecule has 0 saturated heterocycles. The Hall–Kier alpha value is -1.41. The second kappa shape index (κ2) is 3.15. The van der Waals surface area contributed by atoms with E-state index in [-0.39, 0.29) is 0 Å². The van der Waals surface area contributed by atoms with Gasteiger partial charge in [0.2, 0.25) is 0 Å². The van der Waals surface area contributed by atoms with Gasteiger partial charge in [-0.05, 0) is 18.2 Å². The van der Waals surface area contributed by atoms with Gasteiger partial charge in [-0.15, -0.1) is 0 Å². The van der Waals surface area contributed by atoms with Crippen molar-refractivity contribution in [2.75, 3.05) is 5.73 Å². The first kappa shape index (κ1) is 8.20. The Kier molecular flexibility index (Phi) is 1.99. The van der Waals surface area contributed by atoms with Crippen molar-refractivity contribution >= 4 is 17.3 Å². The van der Waals surface area contributed by atoms with Crippen LogP contribution < -0.4 is 5.73 Å². The molecular weight excluding hydrogens is 186 g/mol. The highest BCUT2D eigenvalue weighted by molar-refractivity contribution is 6.31. The number of benzene rings is 1. The topological polar surface area (TPSA) is 39.2 Å². The first-order valence-corrected chi connectivity index (χ1v) is 4.23. The molecule has 2 aromatic rings. The lowest BCUT2D eigenvalue weighted by molar-refractivity contribution is 0.568. The summed E-state index contributed by atoms with van der Waals surface area (Å²) >= 11 is 5.77. The molecule has 0 spiro atoms. The maximum absolute atomic E-state index is 5.79. The first-order valence-electron chi connectivity index (χ1n) is 3.85. The summed E-state index contributed by atoms with van der Waals surface area (Å²) in [6.07, 6.45) is 3.27. The van der Waals surface area contributed by atoms with E-state index in [4.69, 9.17) is 21.8 Å².